The molecule has 1 N–H and O–H groups in total. The smallest absolute Gasteiger partial charge is 0.320 e. The summed E-state index contributed by atoms with van der Waals surface area (Å²) in [6.45, 7) is 5.12. The minimum atomic E-state index is -0.657. The molecule has 13 heavy (non-hydrogen) atoms. The van der Waals surface area contributed by atoms with Gasteiger partial charge in [-0.05, 0) is 32.7 Å². The molecule has 1 aliphatic rings. The lowest BCUT2D eigenvalue weighted by atomic mass is 10.1. The molecule has 1 fully saturated rings. The summed E-state index contributed by atoms with van der Waals surface area (Å²) in [5.41, 5.74) is 0. The van der Waals surface area contributed by atoms with Gasteiger partial charge in [0.1, 0.15) is 6.04 Å². The van der Waals surface area contributed by atoms with Crippen molar-refractivity contribution in [3.05, 3.63) is 0 Å². The van der Waals surface area contributed by atoms with E-state index in [1.807, 2.05) is 6.92 Å². The predicted molar refractivity (Wildman–Crippen MR) is 51.7 cm³/mol. The van der Waals surface area contributed by atoms with Gasteiger partial charge in [-0.3, -0.25) is 9.69 Å². The topological polar surface area (TPSA) is 40.5 Å². The molecule has 3 heteroatoms. The highest BCUT2D eigenvalue weighted by Crippen LogP contribution is 2.21. The van der Waals surface area contributed by atoms with Crippen LogP contribution in [0.15, 0.2) is 0 Å². The van der Waals surface area contributed by atoms with Crippen LogP contribution in [0.2, 0.25) is 0 Å². The zero-order valence-corrected chi connectivity index (χ0v) is 8.49. The Morgan fingerprint density at radius 1 is 1.69 bits per heavy atom. The molecule has 0 aliphatic carbocycles. The summed E-state index contributed by atoms with van der Waals surface area (Å²) in [5, 5.41) is 9.04. The van der Waals surface area contributed by atoms with E-state index in [4.69, 9.17) is 5.11 Å². The fraction of sp³-hybridized carbons (Fsp3) is 0.900. The zero-order valence-electron chi connectivity index (χ0n) is 8.49. The summed E-state index contributed by atoms with van der Waals surface area (Å²) >= 11 is 0. The van der Waals surface area contributed by atoms with Crippen molar-refractivity contribution in [2.75, 3.05) is 6.54 Å². The number of aliphatic carboxylic acids is 1. The Morgan fingerprint density at radius 3 is 2.77 bits per heavy atom. The van der Waals surface area contributed by atoms with Crippen LogP contribution in [0.25, 0.3) is 0 Å². The van der Waals surface area contributed by atoms with Gasteiger partial charge in [-0.25, -0.2) is 0 Å². The summed E-state index contributed by atoms with van der Waals surface area (Å²) in [6.07, 6.45) is 4.02. The third-order valence-corrected chi connectivity index (χ3v) is 2.85. The van der Waals surface area contributed by atoms with Crippen LogP contribution in [0.3, 0.4) is 0 Å². The van der Waals surface area contributed by atoms with Crippen molar-refractivity contribution < 1.29 is 9.90 Å². The molecule has 0 radical (unpaired) electrons. The number of likely N-dealkylation sites (tertiary alicyclic amines) is 1. The lowest BCUT2D eigenvalue weighted by Crippen LogP contribution is -2.42. The van der Waals surface area contributed by atoms with Crippen molar-refractivity contribution in [3.8, 4) is 0 Å². The molecule has 1 rings (SSSR count). The number of carboxylic acids is 1. The van der Waals surface area contributed by atoms with Gasteiger partial charge in [0.05, 0.1) is 0 Å². The van der Waals surface area contributed by atoms with Crippen LogP contribution in [0.1, 0.15) is 39.5 Å². The minimum absolute atomic E-state index is 0.248. The quantitative estimate of drug-likeness (QED) is 0.725. The largest absolute Gasteiger partial charge is 0.480 e. The normalized spacial score (nSPS) is 26.2. The SMILES string of the molecule is CCCC(C(=O)O)N1CCCC1C. The second kappa shape index (κ2) is 4.61. The maximum Gasteiger partial charge on any atom is 0.320 e. The van der Waals surface area contributed by atoms with Crippen molar-refractivity contribution in [1.29, 1.82) is 0 Å². The van der Waals surface area contributed by atoms with Gasteiger partial charge < -0.3 is 5.11 Å². The highest BCUT2D eigenvalue weighted by atomic mass is 16.4. The Hall–Kier alpha value is -0.570. The van der Waals surface area contributed by atoms with E-state index in [1.54, 1.807) is 0 Å². The number of nitrogens with zero attached hydrogens (tertiary/aromatic N) is 1. The van der Waals surface area contributed by atoms with E-state index in [0.717, 1.165) is 32.2 Å². The summed E-state index contributed by atoms with van der Waals surface area (Å²) < 4.78 is 0. The molecule has 2 unspecified atom stereocenters. The molecule has 0 aromatic heterocycles. The Bertz CT molecular complexity index is 182. The van der Waals surface area contributed by atoms with Crippen molar-refractivity contribution >= 4 is 5.97 Å². The van der Waals surface area contributed by atoms with Gasteiger partial charge in [0.25, 0.3) is 0 Å². The maximum atomic E-state index is 11.0. The molecular formula is C10H19NO2. The first-order valence-electron chi connectivity index (χ1n) is 5.15. The number of carboxylic acid groups (broad SMARTS) is 1. The Balaban J connectivity index is 2.57. The zero-order chi connectivity index (χ0) is 9.84. The first-order valence-corrected chi connectivity index (χ1v) is 5.15. The Kier molecular flexibility index (Phi) is 3.72. The molecular weight excluding hydrogens is 166 g/mol. The summed E-state index contributed by atoms with van der Waals surface area (Å²) in [4.78, 5) is 13.1. The minimum Gasteiger partial charge on any atom is -0.480 e. The van der Waals surface area contributed by atoms with Crippen molar-refractivity contribution in [1.82, 2.24) is 4.90 Å². The van der Waals surface area contributed by atoms with E-state index in [0.29, 0.717) is 6.04 Å². The average molecular weight is 185 g/mol. The van der Waals surface area contributed by atoms with E-state index >= 15 is 0 Å². The summed E-state index contributed by atoms with van der Waals surface area (Å²) in [5.74, 6) is -0.657. The molecule has 76 valence electrons. The van der Waals surface area contributed by atoms with Crippen LogP contribution in [-0.2, 0) is 4.79 Å². The maximum absolute atomic E-state index is 11.0. The van der Waals surface area contributed by atoms with E-state index in [9.17, 15) is 4.79 Å². The molecule has 0 amide bonds. The predicted octanol–water partition coefficient (Wildman–Crippen LogP) is 1.72. The highest BCUT2D eigenvalue weighted by molar-refractivity contribution is 5.73. The molecule has 0 aromatic rings. The lowest BCUT2D eigenvalue weighted by molar-refractivity contribution is -0.143. The molecule has 1 aliphatic heterocycles. The van der Waals surface area contributed by atoms with E-state index < -0.39 is 5.97 Å². The van der Waals surface area contributed by atoms with E-state index in [-0.39, 0.29) is 6.04 Å². The second-order valence-corrected chi connectivity index (χ2v) is 3.87. The van der Waals surface area contributed by atoms with Gasteiger partial charge in [-0.2, -0.15) is 0 Å². The van der Waals surface area contributed by atoms with Crippen LogP contribution in [-0.4, -0.2) is 34.6 Å². The van der Waals surface area contributed by atoms with Gasteiger partial charge >= 0.3 is 5.97 Å². The number of rotatable bonds is 4. The molecule has 2 atom stereocenters. The van der Waals surface area contributed by atoms with Crippen LogP contribution in [0.4, 0.5) is 0 Å². The van der Waals surface area contributed by atoms with Gasteiger partial charge in [0, 0.05) is 6.04 Å². The van der Waals surface area contributed by atoms with Crippen LogP contribution in [0.5, 0.6) is 0 Å². The standard InChI is InChI=1S/C10H19NO2/c1-3-5-9(10(12)13)11-7-4-6-8(11)2/h8-9H,3-7H2,1-2H3,(H,12,13). The highest BCUT2D eigenvalue weighted by Gasteiger charge is 2.31. The third kappa shape index (κ3) is 2.44. The number of carbonyl (C=O) groups is 1. The molecule has 3 nitrogen and oxygen atoms in total. The van der Waals surface area contributed by atoms with E-state index in [2.05, 4.69) is 11.8 Å². The van der Waals surface area contributed by atoms with E-state index in [1.165, 1.54) is 0 Å². The monoisotopic (exact) mass is 185 g/mol. The average Bonchev–Trinajstić information content (AvgIpc) is 2.47. The fourth-order valence-corrected chi connectivity index (χ4v) is 2.12. The second-order valence-electron chi connectivity index (χ2n) is 3.87. The molecule has 1 heterocycles. The molecule has 0 saturated carbocycles. The first kappa shape index (κ1) is 10.5. The Morgan fingerprint density at radius 2 is 2.38 bits per heavy atom. The van der Waals surface area contributed by atoms with Crippen molar-refractivity contribution in [2.45, 2.75) is 51.6 Å². The molecule has 0 bridgehead atoms. The van der Waals surface area contributed by atoms with Crippen molar-refractivity contribution in [3.63, 3.8) is 0 Å². The molecule has 1 saturated heterocycles. The number of hydrogen-bond acceptors (Lipinski definition) is 2. The van der Waals surface area contributed by atoms with Crippen molar-refractivity contribution in [2.24, 2.45) is 0 Å². The van der Waals surface area contributed by atoms with Gasteiger partial charge in [-0.15, -0.1) is 0 Å². The van der Waals surface area contributed by atoms with Gasteiger partial charge in [-0.1, -0.05) is 13.3 Å². The number of hydrogen-bond donors (Lipinski definition) is 1. The van der Waals surface area contributed by atoms with Crippen LogP contribution >= 0.6 is 0 Å². The van der Waals surface area contributed by atoms with Crippen LogP contribution in [0, 0.1) is 0 Å². The third-order valence-electron chi connectivity index (χ3n) is 2.85. The van der Waals surface area contributed by atoms with Crippen LogP contribution < -0.4 is 0 Å². The lowest BCUT2D eigenvalue weighted by Gasteiger charge is -2.27. The first-order chi connectivity index (χ1) is 6.16. The summed E-state index contributed by atoms with van der Waals surface area (Å²) in [6, 6.07) is 0.204. The fourth-order valence-electron chi connectivity index (χ4n) is 2.12. The molecule has 0 aromatic carbocycles. The summed E-state index contributed by atoms with van der Waals surface area (Å²) in [7, 11) is 0. The van der Waals surface area contributed by atoms with Gasteiger partial charge in [0.15, 0.2) is 0 Å². The van der Waals surface area contributed by atoms with Gasteiger partial charge in [0.2, 0.25) is 0 Å². The molecule has 0 spiro atoms. The Labute approximate surface area is 79.7 Å².